The Labute approximate surface area is 183 Å². The number of benzene rings is 1. The van der Waals surface area contributed by atoms with Crippen LogP contribution in [0.3, 0.4) is 0 Å². The van der Waals surface area contributed by atoms with Gasteiger partial charge in [0.1, 0.15) is 11.2 Å². The fourth-order valence-electron chi connectivity index (χ4n) is 4.78. The van der Waals surface area contributed by atoms with Crippen LogP contribution in [0.25, 0.3) is 11.2 Å². The number of likely N-dealkylation sites (tertiary alicyclic amines) is 1. The fourth-order valence-corrected chi connectivity index (χ4v) is 4.78. The van der Waals surface area contributed by atoms with Crippen molar-refractivity contribution in [2.24, 2.45) is 0 Å². The van der Waals surface area contributed by atoms with Crippen molar-refractivity contribution in [2.45, 2.75) is 38.0 Å². The van der Waals surface area contributed by atoms with Crippen LogP contribution in [-0.2, 0) is 13.1 Å². The van der Waals surface area contributed by atoms with Gasteiger partial charge in [-0.2, -0.15) is 0 Å². The molecule has 2 aliphatic heterocycles. The van der Waals surface area contributed by atoms with Crippen LogP contribution in [0.15, 0.2) is 52.2 Å². The first-order chi connectivity index (χ1) is 15.5. The second-order valence-corrected chi connectivity index (χ2v) is 8.49. The van der Waals surface area contributed by atoms with Crippen LogP contribution in [-0.4, -0.2) is 49.6 Å². The number of pyridine rings is 1. The third kappa shape index (κ3) is 3.82. The van der Waals surface area contributed by atoms with Crippen molar-refractivity contribution in [1.29, 1.82) is 0 Å². The van der Waals surface area contributed by atoms with Crippen molar-refractivity contribution in [3.05, 3.63) is 79.0 Å². The molecule has 2 aliphatic rings. The van der Waals surface area contributed by atoms with E-state index >= 15 is 0 Å². The third-order valence-corrected chi connectivity index (χ3v) is 6.47. The highest BCUT2D eigenvalue weighted by molar-refractivity contribution is 5.71. The van der Waals surface area contributed by atoms with Gasteiger partial charge in [0.2, 0.25) is 0 Å². The summed E-state index contributed by atoms with van der Waals surface area (Å²) in [5.41, 5.74) is 2.14. The van der Waals surface area contributed by atoms with Crippen LogP contribution in [0.2, 0.25) is 0 Å². The smallest absolute Gasteiger partial charge is 0.270 e. The Morgan fingerprint density at radius 1 is 1.06 bits per heavy atom. The molecular formula is C22H24N6O4. The number of nitrogens with zero attached hydrogens (tertiary/aromatic N) is 5. The quantitative estimate of drug-likeness (QED) is 0.457. The first-order valence-electron chi connectivity index (χ1n) is 10.8. The molecule has 0 radical (unpaired) electrons. The van der Waals surface area contributed by atoms with Crippen molar-refractivity contribution >= 4 is 16.9 Å². The summed E-state index contributed by atoms with van der Waals surface area (Å²) in [6, 6.07) is 10.1. The molecule has 1 saturated heterocycles. The minimum absolute atomic E-state index is 0.0762. The predicted octanol–water partition coefficient (Wildman–Crippen LogP) is 1.28. The summed E-state index contributed by atoms with van der Waals surface area (Å²) in [7, 11) is 0. The molecule has 1 unspecified atom stereocenters. The lowest BCUT2D eigenvalue weighted by Crippen LogP contribution is -2.44. The highest BCUT2D eigenvalue weighted by atomic mass is 16.6. The van der Waals surface area contributed by atoms with E-state index in [0.717, 1.165) is 38.0 Å². The fraction of sp³-hybridized carbons (Fsp3) is 0.409. The van der Waals surface area contributed by atoms with Gasteiger partial charge in [-0.1, -0.05) is 12.1 Å². The average molecular weight is 436 g/mol. The lowest BCUT2D eigenvalue weighted by Gasteiger charge is -2.34. The first-order valence-corrected chi connectivity index (χ1v) is 10.8. The number of non-ortho nitro benzene ring substituents is 1. The molecule has 0 spiro atoms. The number of nitro groups is 1. The Hall–Kier alpha value is -3.37. The molecule has 1 aromatic carbocycles. The molecule has 1 fully saturated rings. The van der Waals surface area contributed by atoms with Crippen LogP contribution in [0, 0.1) is 10.1 Å². The standard InChI is InChI=1S/C22H24N6O4/c29-20-6-5-19-22-26(20)14-18(27(22)21(30)12-24-19)13-25-9-7-16(8-10-25)23-11-15-1-3-17(4-2-15)28(31)32/h1-6,12,16,18,23H,7-11,13-14H2. The Morgan fingerprint density at radius 3 is 2.53 bits per heavy atom. The van der Waals surface area contributed by atoms with Crippen LogP contribution < -0.4 is 16.4 Å². The van der Waals surface area contributed by atoms with Gasteiger partial charge >= 0.3 is 0 Å². The van der Waals surface area contributed by atoms with Gasteiger partial charge in [-0.25, -0.2) is 4.98 Å². The molecule has 32 heavy (non-hydrogen) atoms. The molecule has 0 aliphatic carbocycles. The molecule has 0 bridgehead atoms. The normalized spacial score (nSPS) is 18.9. The molecule has 10 heteroatoms. The zero-order valence-corrected chi connectivity index (χ0v) is 17.5. The molecule has 0 amide bonds. The van der Waals surface area contributed by atoms with Crippen LogP contribution in [0.4, 0.5) is 5.69 Å². The Kier molecular flexibility index (Phi) is 5.32. The highest BCUT2D eigenvalue weighted by Gasteiger charge is 2.29. The molecule has 4 heterocycles. The molecule has 166 valence electrons. The topological polar surface area (TPSA) is 115 Å². The summed E-state index contributed by atoms with van der Waals surface area (Å²) in [4.78, 5) is 41.7. The van der Waals surface area contributed by atoms with Crippen molar-refractivity contribution in [1.82, 2.24) is 24.3 Å². The minimum Gasteiger partial charge on any atom is -0.310 e. The van der Waals surface area contributed by atoms with E-state index in [1.807, 2.05) is 0 Å². The summed E-state index contributed by atoms with van der Waals surface area (Å²) in [5, 5.41) is 14.3. The van der Waals surface area contributed by atoms with E-state index in [1.54, 1.807) is 27.3 Å². The van der Waals surface area contributed by atoms with Crippen molar-refractivity contribution in [3.63, 3.8) is 0 Å². The maximum Gasteiger partial charge on any atom is 0.270 e. The second-order valence-electron chi connectivity index (χ2n) is 8.49. The number of nitro benzene ring substituents is 1. The van der Waals surface area contributed by atoms with E-state index in [4.69, 9.17) is 0 Å². The largest absolute Gasteiger partial charge is 0.310 e. The van der Waals surface area contributed by atoms with Crippen LogP contribution in [0.1, 0.15) is 24.4 Å². The van der Waals surface area contributed by atoms with Gasteiger partial charge in [-0.3, -0.25) is 28.8 Å². The number of hydrogen-bond acceptors (Lipinski definition) is 7. The first kappa shape index (κ1) is 20.5. The van der Waals surface area contributed by atoms with Gasteiger partial charge in [0.15, 0.2) is 0 Å². The van der Waals surface area contributed by atoms with E-state index in [2.05, 4.69) is 15.2 Å². The summed E-state index contributed by atoms with van der Waals surface area (Å²) < 4.78 is 3.38. The molecule has 2 aromatic heterocycles. The Balaban J connectivity index is 1.18. The predicted molar refractivity (Wildman–Crippen MR) is 119 cm³/mol. The molecule has 0 saturated carbocycles. The van der Waals surface area contributed by atoms with Gasteiger partial charge in [0.05, 0.1) is 17.2 Å². The van der Waals surface area contributed by atoms with Gasteiger partial charge in [0, 0.05) is 43.9 Å². The molecule has 1 N–H and O–H groups in total. The summed E-state index contributed by atoms with van der Waals surface area (Å²) in [6.07, 6.45) is 3.30. The van der Waals surface area contributed by atoms with Gasteiger partial charge in [0.25, 0.3) is 16.8 Å². The van der Waals surface area contributed by atoms with Gasteiger partial charge in [-0.15, -0.1) is 0 Å². The van der Waals surface area contributed by atoms with Crippen molar-refractivity contribution in [3.8, 4) is 0 Å². The van der Waals surface area contributed by atoms with Crippen LogP contribution in [0.5, 0.6) is 0 Å². The maximum absolute atomic E-state index is 12.5. The van der Waals surface area contributed by atoms with E-state index < -0.39 is 4.92 Å². The Bertz CT molecular complexity index is 1270. The van der Waals surface area contributed by atoms with Gasteiger partial charge in [-0.05, 0) is 37.6 Å². The number of aromatic nitrogens is 3. The number of nitrogens with one attached hydrogen (secondary N) is 1. The zero-order chi connectivity index (χ0) is 22.2. The van der Waals surface area contributed by atoms with Crippen molar-refractivity contribution in [2.75, 3.05) is 19.6 Å². The lowest BCUT2D eigenvalue weighted by atomic mass is 10.0. The van der Waals surface area contributed by atoms with Crippen molar-refractivity contribution < 1.29 is 4.92 Å². The minimum atomic E-state index is -0.392. The SMILES string of the molecule is O=c1ccc2ncc(=O)n3c2n1CC3CN1CCC(NCc2ccc([N+](=O)[O-])cc2)CC1. The lowest BCUT2D eigenvalue weighted by molar-refractivity contribution is -0.384. The summed E-state index contributed by atoms with van der Waals surface area (Å²) in [5.74, 6) is 0. The summed E-state index contributed by atoms with van der Waals surface area (Å²) >= 11 is 0. The van der Waals surface area contributed by atoms with E-state index in [0.29, 0.717) is 30.3 Å². The van der Waals surface area contributed by atoms with E-state index in [9.17, 15) is 19.7 Å². The van der Waals surface area contributed by atoms with E-state index in [1.165, 1.54) is 24.4 Å². The molecule has 1 atom stereocenters. The maximum atomic E-state index is 12.5. The monoisotopic (exact) mass is 436 g/mol. The second kappa shape index (κ2) is 8.29. The highest BCUT2D eigenvalue weighted by Crippen LogP contribution is 2.24. The molecular weight excluding hydrogens is 412 g/mol. The van der Waals surface area contributed by atoms with E-state index in [-0.39, 0.29) is 22.8 Å². The van der Waals surface area contributed by atoms with Gasteiger partial charge < -0.3 is 10.2 Å². The number of piperidine rings is 1. The van der Waals surface area contributed by atoms with Crippen LogP contribution >= 0.6 is 0 Å². The molecule has 3 aromatic rings. The Morgan fingerprint density at radius 2 is 1.81 bits per heavy atom. The molecule has 5 rings (SSSR count). The summed E-state index contributed by atoms with van der Waals surface area (Å²) in [6.45, 7) is 3.70. The third-order valence-electron chi connectivity index (χ3n) is 6.47. The average Bonchev–Trinajstić information content (AvgIpc) is 3.19. The zero-order valence-electron chi connectivity index (χ0n) is 17.5. The number of hydrogen-bond donors (Lipinski definition) is 1. The molecule has 10 nitrogen and oxygen atoms in total. The number of rotatable bonds is 6.